The summed E-state index contributed by atoms with van der Waals surface area (Å²) in [5.74, 6) is 5.79. The lowest BCUT2D eigenvalue weighted by molar-refractivity contribution is 0.624. The molecule has 0 aliphatic carbocycles. The molecule has 3 rings (SSSR count). The topological polar surface area (TPSA) is 50.9 Å². The summed E-state index contributed by atoms with van der Waals surface area (Å²) in [6.07, 6.45) is 1.82. The first-order valence-corrected chi connectivity index (χ1v) is 6.66. The number of hydrogen-bond donors (Lipinski definition) is 2. The molecule has 3 aromatic rings. The normalized spacial score (nSPS) is 12.5. The van der Waals surface area contributed by atoms with Gasteiger partial charge in [-0.25, -0.2) is 5.43 Å². The Morgan fingerprint density at radius 3 is 2.65 bits per heavy atom. The van der Waals surface area contributed by atoms with Crippen LogP contribution in [0.15, 0.2) is 60.8 Å². The van der Waals surface area contributed by atoms with Crippen LogP contribution in [0.1, 0.15) is 22.9 Å². The molecule has 0 spiro atoms. The van der Waals surface area contributed by atoms with E-state index in [1.807, 2.05) is 24.4 Å². The lowest BCUT2D eigenvalue weighted by atomic mass is 9.96. The van der Waals surface area contributed by atoms with Crippen LogP contribution in [0.3, 0.4) is 0 Å². The van der Waals surface area contributed by atoms with E-state index in [1.54, 1.807) is 0 Å². The molecule has 0 radical (unpaired) electrons. The summed E-state index contributed by atoms with van der Waals surface area (Å²) in [7, 11) is 0. The van der Waals surface area contributed by atoms with Crippen LogP contribution in [0.5, 0.6) is 0 Å². The largest absolute Gasteiger partial charge is 0.271 e. The van der Waals surface area contributed by atoms with Crippen LogP contribution in [0.4, 0.5) is 0 Å². The average Bonchev–Trinajstić information content (AvgIpc) is 2.48. The van der Waals surface area contributed by atoms with Gasteiger partial charge in [-0.1, -0.05) is 42.5 Å². The van der Waals surface area contributed by atoms with Crippen molar-refractivity contribution in [3.8, 4) is 0 Å². The number of pyridine rings is 1. The molecule has 1 atom stereocenters. The smallest absolute Gasteiger partial charge is 0.0887 e. The van der Waals surface area contributed by atoms with Crippen LogP contribution >= 0.6 is 0 Å². The Kier molecular flexibility index (Phi) is 3.46. The van der Waals surface area contributed by atoms with E-state index in [4.69, 9.17) is 5.84 Å². The number of hydrogen-bond acceptors (Lipinski definition) is 3. The molecule has 0 aliphatic heterocycles. The molecule has 100 valence electrons. The van der Waals surface area contributed by atoms with Crippen molar-refractivity contribution in [3.05, 3.63) is 77.6 Å². The highest BCUT2D eigenvalue weighted by Gasteiger charge is 2.16. The van der Waals surface area contributed by atoms with Gasteiger partial charge in [0.1, 0.15) is 0 Å². The zero-order valence-electron chi connectivity index (χ0n) is 11.4. The van der Waals surface area contributed by atoms with Crippen LogP contribution in [0.25, 0.3) is 10.8 Å². The van der Waals surface area contributed by atoms with E-state index in [0.717, 1.165) is 11.3 Å². The highest BCUT2D eigenvalue weighted by molar-refractivity contribution is 5.86. The Labute approximate surface area is 118 Å². The summed E-state index contributed by atoms with van der Waals surface area (Å²) in [5.41, 5.74) is 6.14. The summed E-state index contributed by atoms with van der Waals surface area (Å²) in [6, 6.07) is 18.5. The lowest BCUT2D eigenvalue weighted by Gasteiger charge is -2.18. The fraction of sp³-hybridized carbons (Fsp3) is 0.118. The predicted octanol–water partition coefficient (Wildman–Crippen LogP) is 3.10. The first-order chi connectivity index (χ1) is 9.79. The van der Waals surface area contributed by atoms with Crippen molar-refractivity contribution in [2.75, 3.05) is 0 Å². The van der Waals surface area contributed by atoms with Crippen molar-refractivity contribution in [2.24, 2.45) is 5.84 Å². The molecule has 0 fully saturated rings. The molecule has 20 heavy (non-hydrogen) atoms. The molecular weight excluding hydrogens is 246 g/mol. The molecule has 0 bridgehead atoms. The Bertz CT molecular complexity index is 732. The first kappa shape index (κ1) is 12.8. The van der Waals surface area contributed by atoms with E-state index < -0.39 is 0 Å². The Morgan fingerprint density at radius 1 is 1.05 bits per heavy atom. The minimum atomic E-state index is -0.110. The number of aryl methyl sites for hydroxylation is 1. The van der Waals surface area contributed by atoms with Gasteiger partial charge in [-0.3, -0.25) is 10.8 Å². The molecular formula is C17H17N3. The maximum atomic E-state index is 5.79. The van der Waals surface area contributed by atoms with E-state index >= 15 is 0 Å². The van der Waals surface area contributed by atoms with Crippen molar-refractivity contribution < 1.29 is 0 Å². The van der Waals surface area contributed by atoms with Gasteiger partial charge in [-0.2, -0.15) is 0 Å². The first-order valence-electron chi connectivity index (χ1n) is 6.66. The Morgan fingerprint density at radius 2 is 1.85 bits per heavy atom. The van der Waals surface area contributed by atoms with E-state index in [2.05, 4.69) is 53.7 Å². The molecule has 1 heterocycles. The molecule has 1 unspecified atom stereocenters. The standard InChI is InChI=1S/C17H17N3/c1-12-9-10-19-16(11-12)17(20-18)15-8-4-6-13-5-2-3-7-14(13)15/h2-11,17,20H,18H2,1H3. The van der Waals surface area contributed by atoms with Crippen molar-refractivity contribution >= 4 is 10.8 Å². The SMILES string of the molecule is Cc1ccnc(C(NN)c2cccc3ccccc23)c1. The van der Waals surface area contributed by atoms with Crippen LogP contribution in [-0.2, 0) is 0 Å². The molecule has 0 saturated heterocycles. The minimum Gasteiger partial charge on any atom is -0.271 e. The van der Waals surface area contributed by atoms with Crippen molar-refractivity contribution in [2.45, 2.75) is 13.0 Å². The Hall–Kier alpha value is -2.23. The van der Waals surface area contributed by atoms with E-state index in [9.17, 15) is 0 Å². The number of fused-ring (bicyclic) bond motifs is 1. The monoisotopic (exact) mass is 263 g/mol. The molecule has 2 aromatic carbocycles. The lowest BCUT2D eigenvalue weighted by Crippen LogP contribution is -2.29. The summed E-state index contributed by atoms with van der Waals surface area (Å²) in [4.78, 5) is 4.45. The second-order valence-corrected chi connectivity index (χ2v) is 4.93. The fourth-order valence-corrected chi connectivity index (χ4v) is 2.55. The number of aromatic nitrogens is 1. The van der Waals surface area contributed by atoms with Gasteiger partial charge in [0.05, 0.1) is 11.7 Å². The average molecular weight is 263 g/mol. The highest BCUT2D eigenvalue weighted by atomic mass is 15.2. The van der Waals surface area contributed by atoms with Gasteiger partial charge in [-0.05, 0) is 41.0 Å². The molecule has 0 saturated carbocycles. The maximum absolute atomic E-state index is 5.79. The number of rotatable bonds is 3. The van der Waals surface area contributed by atoms with Crippen LogP contribution in [0.2, 0.25) is 0 Å². The third kappa shape index (κ3) is 2.29. The minimum absolute atomic E-state index is 0.110. The quantitative estimate of drug-likeness (QED) is 0.564. The summed E-state index contributed by atoms with van der Waals surface area (Å²) in [5, 5.41) is 2.40. The molecule has 0 amide bonds. The third-order valence-electron chi connectivity index (χ3n) is 3.53. The van der Waals surface area contributed by atoms with Gasteiger partial charge in [0.15, 0.2) is 0 Å². The summed E-state index contributed by atoms with van der Waals surface area (Å²) >= 11 is 0. The van der Waals surface area contributed by atoms with Crippen molar-refractivity contribution in [3.63, 3.8) is 0 Å². The molecule has 0 aliphatic rings. The second kappa shape index (κ2) is 5.41. The van der Waals surface area contributed by atoms with Gasteiger partial charge in [-0.15, -0.1) is 0 Å². The van der Waals surface area contributed by atoms with Crippen LogP contribution in [-0.4, -0.2) is 4.98 Å². The molecule has 3 nitrogen and oxygen atoms in total. The van der Waals surface area contributed by atoms with Gasteiger partial charge in [0, 0.05) is 6.20 Å². The predicted molar refractivity (Wildman–Crippen MR) is 82.1 cm³/mol. The maximum Gasteiger partial charge on any atom is 0.0887 e. The highest BCUT2D eigenvalue weighted by Crippen LogP contribution is 2.27. The molecule has 1 aromatic heterocycles. The van der Waals surface area contributed by atoms with Gasteiger partial charge in [0.2, 0.25) is 0 Å². The fourth-order valence-electron chi connectivity index (χ4n) is 2.55. The zero-order chi connectivity index (χ0) is 13.9. The van der Waals surface area contributed by atoms with E-state index in [-0.39, 0.29) is 6.04 Å². The molecule has 3 heteroatoms. The van der Waals surface area contributed by atoms with E-state index in [1.165, 1.54) is 16.3 Å². The number of benzene rings is 2. The number of hydrazine groups is 1. The van der Waals surface area contributed by atoms with Crippen molar-refractivity contribution in [1.29, 1.82) is 0 Å². The summed E-state index contributed by atoms with van der Waals surface area (Å²) < 4.78 is 0. The zero-order valence-corrected chi connectivity index (χ0v) is 11.4. The summed E-state index contributed by atoms with van der Waals surface area (Å²) in [6.45, 7) is 2.06. The van der Waals surface area contributed by atoms with Gasteiger partial charge >= 0.3 is 0 Å². The Balaban J connectivity index is 2.17. The second-order valence-electron chi connectivity index (χ2n) is 4.93. The van der Waals surface area contributed by atoms with Crippen LogP contribution < -0.4 is 11.3 Å². The van der Waals surface area contributed by atoms with Gasteiger partial charge in [0.25, 0.3) is 0 Å². The number of nitrogens with zero attached hydrogens (tertiary/aromatic N) is 1. The molecule has 3 N–H and O–H groups in total. The van der Waals surface area contributed by atoms with E-state index in [0.29, 0.717) is 0 Å². The third-order valence-corrected chi connectivity index (χ3v) is 3.53. The van der Waals surface area contributed by atoms with Crippen molar-refractivity contribution in [1.82, 2.24) is 10.4 Å². The number of nitrogens with two attached hydrogens (primary N) is 1. The van der Waals surface area contributed by atoms with Crippen LogP contribution in [0, 0.1) is 6.92 Å². The number of nitrogens with one attached hydrogen (secondary N) is 1. The van der Waals surface area contributed by atoms with Gasteiger partial charge < -0.3 is 0 Å².